The molecule has 0 bridgehead atoms. The highest BCUT2D eigenvalue weighted by molar-refractivity contribution is 8.14. The largest absolute Gasteiger partial charge is 0.493 e. The van der Waals surface area contributed by atoms with Crippen molar-refractivity contribution in [2.75, 3.05) is 33.3 Å². The van der Waals surface area contributed by atoms with Gasteiger partial charge < -0.3 is 18.9 Å². The van der Waals surface area contributed by atoms with Crippen LogP contribution >= 0.6 is 11.8 Å². The number of amidine groups is 1. The van der Waals surface area contributed by atoms with Crippen molar-refractivity contribution in [2.24, 2.45) is 10.1 Å². The number of hydrogen-bond donors (Lipinski definition) is 1. The minimum atomic E-state index is 0.273. The molecule has 7 nitrogen and oxygen atoms in total. The molecule has 0 radical (unpaired) electrons. The fraction of sp³-hybridized carbons (Fsp3) is 0.300. The van der Waals surface area contributed by atoms with Gasteiger partial charge in [0.1, 0.15) is 0 Å². The first-order valence-corrected chi connectivity index (χ1v) is 9.86. The molecule has 0 atom stereocenters. The van der Waals surface area contributed by atoms with Crippen LogP contribution in [0.4, 0.5) is 0 Å². The SMILES string of the molecule is COc1ccc(CCN=C2NN=C(c3ccc4c(c3)OCO4)CS2)cc1OC. The van der Waals surface area contributed by atoms with E-state index in [1.165, 1.54) is 0 Å². The Morgan fingerprint density at radius 2 is 1.93 bits per heavy atom. The lowest BCUT2D eigenvalue weighted by Crippen LogP contribution is -2.25. The van der Waals surface area contributed by atoms with Crippen molar-refractivity contribution in [3.8, 4) is 23.0 Å². The Balaban J connectivity index is 1.35. The van der Waals surface area contributed by atoms with Crippen LogP contribution in [-0.2, 0) is 6.42 Å². The number of aliphatic imine (C=N–C) groups is 1. The molecule has 1 N–H and O–H groups in total. The Morgan fingerprint density at radius 1 is 1.07 bits per heavy atom. The predicted molar refractivity (Wildman–Crippen MR) is 110 cm³/mol. The summed E-state index contributed by atoms with van der Waals surface area (Å²) in [5.74, 6) is 3.75. The van der Waals surface area contributed by atoms with Gasteiger partial charge in [0.05, 0.1) is 19.9 Å². The van der Waals surface area contributed by atoms with Crippen molar-refractivity contribution < 1.29 is 18.9 Å². The maximum Gasteiger partial charge on any atom is 0.231 e. The smallest absolute Gasteiger partial charge is 0.231 e. The average molecular weight is 399 g/mol. The zero-order chi connectivity index (χ0) is 19.3. The number of rotatable bonds is 6. The lowest BCUT2D eigenvalue weighted by molar-refractivity contribution is 0.174. The highest BCUT2D eigenvalue weighted by atomic mass is 32.2. The number of fused-ring (bicyclic) bond motifs is 1. The molecule has 0 aromatic heterocycles. The van der Waals surface area contributed by atoms with E-state index in [0.717, 1.165) is 57.2 Å². The molecule has 0 saturated carbocycles. The highest BCUT2D eigenvalue weighted by Gasteiger charge is 2.18. The summed E-state index contributed by atoms with van der Waals surface area (Å²) in [6.07, 6.45) is 0.810. The van der Waals surface area contributed by atoms with Gasteiger partial charge in [0.2, 0.25) is 6.79 Å². The van der Waals surface area contributed by atoms with Gasteiger partial charge in [-0.05, 0) is 42.3 Å². The van der Waals surface area contributed by atoms with Gasteiger partial charge in [0.15, 0.2) is 28.2 Å². The zero-order valence-corrected chi connectivity index (χ0v) is 16.5. The van der Waals surface area contributed by atoms with Crippen LogP contribution in [0.1, 0.15) is 11.1 Å². The molecule has 2 heterocycles. The Hall–Kier alpha value is -2.87. The molecule has 0 unspecified atom stereocenters. The number of ether oxygens (including phenoxy) is 4. The van der Waals surface area contributed by atoms with Crippen LogP contribution in [0.5, 0.6) is 23.0 Å². The summed E-state index contributed by atoms with van der Waals surface area (Å²) >= 11 is 1.64. The van der Waals surface area contributed by atoms with E-state index in [2.05, 4.69) is 15.5 Å². The maximum atomic E-state index is 5.43. The summed E-state index contributed by atoms with van der Waals surface area (Å²) in [4.78, 5) is 4.61. The van der Waals surface area contributed by atoms with Crippen LogP contribution in [0.2, 0.25) is 0 Å². The van der Waals surface area contributed by atoms with E-state index in [0.29, 0.717) is 6.54 Å². The Kier molecular flexibility index (Phi) is 5.57. The molecule has 0 fully saturated rings. The van der Waals surface area contributed by atoms with Gasteiger partial charge >= 0.3 is 0 Å². The van der Waals surface area contributed by atoms with Gasteiger partial charge in [-0.25, -0.2) is 0 Å². The first-order chi connectivity index (χ1) is 13.8. The zero-order valence-electron chi connectivity index (χ0n) is 15.7. The molecule has 0 aliphatic carbocycles. The summed E-state index contributed by atoms with van der Waals surface area (Å²) < 4.78 is 21.4. The van der Waals surface area contributed by atoms with E-state index < -0.39 is 0 Å². The van der Waals surface area contributed by atoms with Gasteiger partial charge in [-0.15, -0.1) is 0 Å². The first-order valence-electron chi connectivity index (χ1n) is 8.87. The molecule has 2 aliphatic heterocycles. The van der Waals surface area contributed by atoms with Crippen molar-refractivity contribution in [2.45, 2.75) is 6.42 Å². The highest BCUT2D eigenvalue weighted by Crippen LogP contribution is 2.33. The molecule has 0 saturated heterocycles. The molecular weight excluding hydrogens is 378 g/mol. The van der Waals surface area contributed by atoms with Crippen molar-refractivity contribution in [1.82, 2.24) is 5.43 Å². The normalized spacial score (nSPS) is 16.5. The van der Waals surface area contributed by atoms with Crippen molar-refractivity contribution in [3.05, 3.63) is 47.5 Å². The molecule has 2 aromatic carbocycles. The number of methoxy groups -OCH3 is 2. The topological polar surface area (TPSA) is 73.7 Å². The summed E-state index contributed by atoms with van der Waals surface area (Å²) in [6.45, 7) is 0.939. The fourth-order valence-corrected chi connectivity index (χ4v) is 3.74. The molecule has 2 aliphatic rings. The minimum Gasteiger partial charge on any atom is -0.493 e. The van der Waals surface area contributed by atoms with Crippen LogP contribution in [0, 0.1) is 0 Å². The van der Waals surface area contributed by atoms with Gasteiger partial charge in [-0.2, -0.15) is 5.10 Å². The second kappa shape index (κ2) is 8.43. The van der Waals surface area contributed by atoms with E-state index >= 15 is 0 Å². The summed E-state index contributed by atoms with van der Waals surface area (Å²) in [6, 6.07) is 11.8. The minimum absolute atomic E-state index is 0.273. The third-order valence-corrected chi connectivity index (χ3v) is 5.35. The van der Waals surface area contributed by atoms with Gasteiger partial charge in [0.25, 0.3) is 0 Å². The number of thioether (sulfide) groups is 1. The molecule has 8 heteroatoms. The quantitative estimate of drug-likeness (QED) is 0.805. The van der Waals surface area contributed by atoms with E-state index in [4.69, 9.17) is 18.9 Å². The van der Waals surface area contributed by atoms with Gasteiger partial charge in [0, 0.05) is 17.9 Å². The second-order valence-corrected chi connectivity index (χ2v) is 7.12. The first kappa shape index (κ1) is 18.5. The van der Waals surface area contributed by atoms with E-state index in [-0.39, 0.29) is 6.79 Å². The molecule has 2 aromatic rings. The van der Waals surface area contributed by atoms with Gasteiger partial charge in [-0.1, -0.05) is 17.8 Å². The predicted octanol–water partition coefficient (Wildman–Crippen LogP) is 3.07. The van der Waals surface area contributed by atoms with E-state index in [9.17, 15) is 0 Å². The number of hydrazone groups is 1. The molecule has 0 amide bonds. The van der Waals surface area contributed by atoms with Crippen LogP contribution in [0.25, 0.3) is 0 Å². The number of hydrogen-bond acceptors (Lipinski definition) is 7. The molecule has 146 valence electrons. The van der Waals surface area contributed by atoms with E-state index in [1.807, 2.05) is 36.4 Å². The third-order valence-electron chi connectivity index (χ3n) is 4.44. The van der Waals surface area contributed by atoms with Crippen LogP contribution < -0.4 is 24.4 Å². The van der Waals surface area contributed by atoms with Crippen LogP contribution in [-0.4, -0.2) is 44.2 Å². The number of nitrogens with one attached hydrogen (secondary N) is 1. The lowest BCUT2D eigenvalue weighted by atomic mass is 10.1. The van der Waals surface area contributed by atoms with Crippen LogP contribution in [0.3, 0.4) is 0 Å². The number of nitrogens with zero attached hydrogens (tertiary/aromatic N) is 2. The molecule has 28 heavy (non-hydrogen) atoms. The molecule has 0 spiro atoms. The standard InChI is InChI=1S/C20H21N3O4S/c1-24-16-5-3-13(9-18(16)25-2)7-8-21-20-23-22-15(11-28-20)14-4-6-17-19(10-14)27-12-26-17/h3-6,9-10H,7-8,11-12H2,1-2H3,(H,21,23). The van der Waals surface area contributed by atoms with Crippen LogP contribution in [0.15, 0.2) is 46.5 Å². The Bertz CT molecular complexity index is 930. The summed E-state index contributed by atoms with van der Waals surface area (Å²) in [5, 5.41) is 5.29. The Labute approximate surface area is 167 Å². The maximum absolute atomic E-state index is 5.43. The average Bonchev–Trinajstić information content (AvgIpc) is 3.22. The third kappa shape index (κ3) is 4.01. The Morgan fingerprint density at radius 3 is 2.71 bits per heavy atom. The molecular formula is C20H21N3O4S. The van der Waals surface area contributed by atoms with E-state index in [1.54, 1.807) is 26.0 Å². The van der Waals surface area contributed by atoms with Crippen molar-refractivity contribution >= 4 is 22.6 Å². The lowest BCUT2D eigenvalue weighted by Gasteiger charge is -2.15. The number of benzene rings is 2. The monoisotopic (exact) mass is 399 g/mol. The molecule has 4 rings (SSSR count). The fourth-order valence-electron chi connectivity index (χ4n) is 2.94. The van der Waals surface area contributed by atoms with Gasteiger partial charge in [-0.3, -0.25) is 10.4 Å². The van der Waals surface area contributed by atoms with Crippen molar-refractivity contribution in [3.63, 3.8) is 0 Å². The second-order valence-electron chi connectivity index (χ2n) is 6.15. The summed E-state index contributed by atoms with van der Waals surface area (Å²) in [7, 11) is 3.27. The summed E-state index contributed by atoms with van der Waals surface area (Å²) in [5.41, 5.74) is 6.17. The van der Waals surface area contributed by atoms with Crippen molar-refractivity contribution in [1.29, 1.82) is 0 Å².